The van der Waals surface area contributed by atoms with Crippen molar-refractivity contribution in [3.63, 3.8) is 0 Å². The van der Waals surface area contributed by atoms with Gasteiger partial charge in [-0.25, -0.2) is 4.79 Å². The number of hydrogen-bond donors (Lipinski definition) is 0. The second kappa shape index (κ2) is 6.76. The number of rotatable bonds is 6. The molecule has 3 heteroatoms. The van der Waals surface area contributed by atoms with Gasteiger partial charge in [0.25, 0.3) is 0 Å². The summed E-state index contributed by atoms with van der Waals surface area (Å²) in [6.07, 6.45) is 7.63. The van der Waals surface area contributed by atoms with Gasteiger partial charge in [0.15, 0.2) is 0 Å². The van der Waals surface area contributed by atoms with Gasteiger partial charge in [-0.3, -0.25) is 4.98 Å². The summed E-state index contributed by atoms with van der Waals surface area (Å²) in [4.78, 5) is 14.6. The Bertz CT molecular complexity index is 309. The lowest BCUT2D eigenvalue weighted by atomic mass is 10.1. The third-order valence-electron chi connectivity index (χ3n) is 2.02. The first kappa shape index (κ1) is 11.4. The molecule has 1 aromatic rings. The van der Waals surface area contributed by atoms with Crippen molar-refractivity contribution in [1.82, 2.24) is 4.98 Å². The molecule has 0 aliphatic rings. The predicted molar refractivity (Wildman–Crippen MR) is 58.3 cm³/mol. The summed E-state index contributed by atoms with van der Waals surface area (Å²) in [6, 6.07) is 3.99. The third kappa shape index (κ3) is 4.96. The zero-order chi connectivity index (χ0) is 10.9. The molecule has 3 nitrogen and oxygen atoms in total. The molecule has 0 amide bonds. The zero-order valence-electron chi connectivity index (χ0n) is 8.69. The van der Waals surface area contributed by atoms with Crippen molar-refractivity contribution in [2.45, 2.75) is 19.3 Å². The van der Waals surface area contributed by atoms with Crippen molar-refractivity contribution in [1.29, 1.82) is 0 Å². The van der Waals surface area contributed by atoms with Crippen LogP contribution in [0.25, 0.3) is 0 Å². The summed E-state index contributed by atoms with van der Waals surface area (Å²) in [6.45, 7) is 3.79. The minimum atomic E-state index is -0.348. The molecule has 15 heavy (non-hydrogen) atoms. The molecule has 0 aliphatic carbocycles. The number of unbranched alkanes of at least 4 members (excludes halogenated alkanes) is 1. The molecule has 0 fully saturated rings. The molecule has 0 spiro atoms. The van der Waals surface area contributed by atoms with Crippen LogP contribution in [-0.4, -0.2) is 17.6 Å². The molecule has 0 bridgehead atoms. The van der Waals surface area contributed by atoms with E-state index in [0.29, 0.717) is 6.61 Å². The van der Waals surface area contributed by atoms with Crippen LogP contribution in [0.4, 0.5) is 0 Å². The van der Waals surface area contributed by atoms with E-state index in [9.17, 15) is 4.79 Å². The first-order chi connectivity index (χ1) is 7.33. The van der Waals surface area contributed by atoms with E-state index in [1.165, 1.54) is 11.6 Å². The Labute approximate surface area is 89.8 Å². The van der Waals surface area contributed by atoms with E-state index in [2.05, 4.69) is 11.6 Å². The largest absolute Gasteiger partial charge is 0.463 e. The molecule has 0 aliphatic heterocycles. The maximum absolute atomic E-state index is 10.7. The Morgan fingerprint density at radius 2 is 2.13 bits per heavy atom. The topological polar surface area (TPSA) is 39.2 Å². The van der Waals surface area contributed by atoms with E-state index < -0.39 is 0 Å². The number of ether oxygens (including phenoxy) is 1. The molecule has 0 saturated carbocycles. The molecule has 0 N–H and O–H groups in total. The van der Waals surface area contributed by atoms with E-state index in [4.69, 9.17) is 4.74 Å². The fourth-order valence-electron chi connectivity index (χ4n) is 1.21. The molecule has 0 radical (unpaired) electrons. The predicted octanol–water partition coefficient (Wildman–Crippen LogP) is 2.13. The van der Waals surface area contributed by atoms with Gasteiger partial charge in [-0.05, 0) is 37.0 Å². The monoisotopic (exact) mass is 205 g/mol. The lowest BCUT2D eigenvalue weighted by molar-refractivity contribution is -0.137. The molecule has 1 rings (SSSR count). The fourth-order valence-corrected chi connectivity index (χ4v) is 1.21. The van der Waals surface area contributed by atoms with Gasteiger partial charge >= 0.3 is 5.97 Å². The number of aryl methyl sites for hydroxylation is 1. The molecule has 80 valence electrons. The molecule has 0 saturated heterocycles. The maximum atomic E-state index is 10.7. The molecule has 0 unspecified atom stereocenters. The number of hydrogen-bond acceptors (Lipinski definition) is 3. The SMILES string of the molecule is C=CC(=O)OCCCCc1ccncc1. The third-order valence-corrected chi connectivity index (χ3v) is 2.02. The van der Waals surface area contributed by atoms with E-state index in [1.807, 2.05) is 12.1 Å². The minimum Gasteiger partial charge on any atom is -0.463 e. The molecule has 1 aromatic heterocycles. The average Bonchev–Trinajstić information content (AvgIpc) is 2.29. The average molecular weight is 205 g/mol. The number of carbonyl (C=O) groups excluding carboxylic acids is 1. The van der Waals surface area contributed by atoms with E-state index in [0.717, 1.165) is 19.3 Å². The first-order valence-corrected chi connectivity index (χ1v) is 5.01. The lowest BCUT2D eigenvalue weighted by Gasteiger charge is -2.02. The van der Waals surface area contributed by atoms with Crippen molar-refractivity contribution < 1.29 is 9.53 Å². The number of nitrogens with zero attached hydrogens (tertiary/aromatic N) is 1. The highest BCUT2D eigenvalue weighted by molar-refractivity contribution is 5.81. The number of esters is 1. The van der Waals surface area contributed by atoms with Gasteiger partial charge in [0.05, 0.1) is 6.61 Å². The molecule has 0 aromatic carbocycles. The van der Waals surface area contributed by atoms with Crippen LogP contribution in [0.1, 0.15) is 18.4 Å². The zero-order valence-corrected chi connectivity index (χ0v) is 8.69. The van der Waals surface area contributed by atoms with Crippen LogP contribution in [0.3, 0.4) is 0 Å². The Balaban J connectivity index is 2.07. The lowest BCUT2D eigenvalue weighted by Crippen LogP contribution is -2.02. The van der Waals surface area contributed by atoms with E-state index in [-0.39, 0.29) is 5.97 Å². The molecular weight excluding hydrogens is 190 g/mol. The summed E-state index contributed by atoms with van der Waals surface area (Å²) in [5, 5.41) is 0. The Kier molecular flexibility index (Phi) is 5.15. The van der Waals surface area contributed by atoms with Crippen molar-refractivity contribution in [3.05, 3.63) is 42.7 Å². The maximum Gasteiger partial charge on any atom is 0.330 e. The van der Waals surface area contributed by atoms with Crippen LogP contribution in [0.5, 0.6) is 0 Å². The van der Waals surface area contributed by atoms with Gasteiger partial charge in [0, 0.05) is 18.5 Å². The summed E-state index contributed by atoms with van der Waals surface area (Å²) in [5.74, 6) is -0.348. The number of pyridine rings is 1. The standard InChI is InChI=1S/C12H15NO2/c1-2-12(14)15-10-4-3-5-11-6-8-13-9-7-11/h2,6-9H,1,3-5,10H2. The smallest absolute Gasteiger partial charge is 0.330 e. The van der Waals surface area contributed by atoms with Crippen LogP contribution in [0.15, 0.2) is 37.2 Å². The number of carbonyl (C=O) groups is 1. The van der Waals surface area contributed by atoms with Crippen molar-refractivity contribution >= 4 is 5.97 Å². The number of aromatic nitrogens is 1. The van der Waals surface area contributed by atoms with Crippen LogP contribution in [0, 0.1) is 0 Å². The van der Waals surface area contributed by atoms with Crippen molar-refractivity contribution in [2.75, 3.05) is 6.61 Å². The molecule has 1 heterocycles. The Morgan fingerprint density at radius 3 is 2.80 bits per heavy atom. The summed E-state index contributed by atoms with van der Waals surface area (Å²) in [5.41, 5.74) is 1.26. The van der Waals surface area contributed by atoms with Crippen LogP contribution in [0.2, 0.25) is 0 Å². The first-order valence-electron chi connectivity index (χ1n) is 5.01. The highest BCUT2D eigenvalue weighted by atomic mass is 16.5. The quantitative estimate of drug-likeness (QED) is 0.406. The van der Waals surface area contributed by atoms with Crippen molar-refractivity contribution in [3.8, 4) is 0 Å². The Hall–Kier alpha value is -1.64. The van der Waals surface area contributed by atoms with Crippen LogP contribution >= 0.6 is 0 Å². The van der Waals surface area contributed by atoms with E-state index in [1.54, 1.807) is 12.4 Å². The molecular formula is C12H15NO2. The summed E-state index contributed by atoms with van der Waals surface area (Å²) in [7, 11) is 0. The van der Waals surface area contributed by atoms with E-state index >= 15 is 0 Å². The second-order valence-corrected chi connectivity index (χ2v) is 3.18. The highest BCUT2D eigenvalue weighted by Gasteiger charge is 1.96. The second-order valence-electron chi connectivity index (χ2n) is 3.18. The van der Waals surface area contributed by atoms with Gasteiger partial charge in [-0.1, -0.05) is 6.58 Å². The van der Waals surface area contributed by atoms with Gasteiger partial charge in [-0.15, -0.1) is 0 Å². The van der Waals surface area contributed by atoms with Gasteiger partial charge in [0.1, 0.15) is 0 Å². The van der Waals surface area contributed by atoms with Gasteiger partial charge in [0.2, 0.25) is 0 Å². The van der Waals surface area contributed by atoms with Gasteiger partial charge < -0.3 is 4.74 Å². The van der Waals surface area contributed by atoms with Gasteiger partial charge in [-0.2, -0.15) is 0 Å². The van der Waals surface area contributed by atoms with Crippen molar-refractivity contribution in [2.24, 2.45) is 0 Å². The Morgan fingerprint density at radius 1 is 1.40 bits per heavy atom. The normalized spacial score (nSPS) is 9.60. The fraction of sp³-hybridized carbons (Fsp3) is 0.333. The summed E-state index contributed by atoms with van der Waals surface area (Å²) < 4.78 is 4.86. The minimum absolute atomic E-state index is 0.348. The molecule has 0 atom stereocenters. The van der Waals surface area contributed by atoms with Crippen LogP contribution < -0.4 is 0 Å². The van der Waals surface area contributed by atoms with Crippen LogP contribution in [-0.2, 0) is 16.0 Å². The highest BCUT2D eigenvalue weighted by Crippen LogP contribution is 2.03. The summed E-state index contributed by atoms with van der Waals surface area (Å²) >= 11 is 0.